The van der Waals surface area contributed by atoms with Gasteiger partial charge in [-0.05, 0) is 51.7 Å². The van der Waals surface area contributed by atoms with Crippen LogP contribution in [0.2, 0.25) is 0 Å². The van der Waals surface area contributed by atoms with Crippen molar-refractivity contribution in [2.45, 2.75) is 39.5 Å². The molecule has 0 spiro atoms. The van der Waals surface area contributed by atoms with Crippen LogP contribution < -0.4 is 14.8 Å². The lowest BCUT2D eigenvalue weighted by molar-refractivity contribution is -0.137. The molecule has 1 aromatic carbocycles. The zero-order valence-corrected chi connectivity index (χ0v) is 16.2. The number of nitrogens with zero attached hydrogens (tertiary/aromatic N) is 1. The minimum atomic E-state index is -0.0772. The molecule has 1 aromatic rings. The summed E-state index contributed by atoms with van der Waals surface area (Å²) in [5.74, 6) is 1.43. The van der Waals surface area contributed by atoms with E-state index in [0.29, 0.717) is 17.2 Å². The number of carbonyl (C=O) groups excluding carboxylic acids is 2. The molecule has 2 rings (SSSR count). The Morgan fingerprint density at radius 2 is 1.65 bits per heavy atom. The maximum absolute atomic E-state index is 12.7. The van der Waals surface area contributed by atoms with Gasteiger partial charge in [-0.15, -0.1) is 0 Å². The van der Waals surface area contributed by atoms with Crippen LogP contribution in [0.25, 0.3) is 0 Å². The molecule has 6 heteroatoms. The Hall–Kier alpha value is -2.24. The summed E-state index contributed by atoms with van der Waals surface area (Å²) in [5, 5.41) is 2.96. The van der Waals surface area contributed by atoms with Crippen molar-refractivity contribution in [3.05, 3.63) is 18.2 Å². The predicted molar refractivity (Wildman–Crippen MR) is 102 cm³/mol. The van der Waals surface area contributed by atoms with Gasteiger partial charge in [-0.2, -0.15) is 0 Å². The zero-order chi connectivity index (χ0) is 19.1. The number of benzene rings is 1. The maximum atomic E-state index is 12.7. The molecular weight excluding hydrogens is 332 g/mol. The summed E-state index contributed by atoms with van der Waals surface area (Å²) in [5.41, 5.74) is 0.609. The maximum Gasteiger partial charge on any atom is 0.227 e. The summed E-state index contributed by atoms with van der Waals surface area (Å²) in [7, 11) is 3.16. The lowest BCUT2D eigenvalue weighted by atomic mass is 9.81. The van der Waals surface area contributed by atoms with Crippen molar-refractivity contribution < 1.29 is 19.1 Å². The highest BCUT2D eigenvalue weighted by Gasteiger charge is 2.31. The van der Waals surface area contributed by atoms with E-state index in [4.69, 9.17) is 9.47 Å². The van der Waals surface area contributed by atoms with E-state index in [0.717, 1.165) is 38.8 Å². The monoisotopic (exact) mass is 362 g/mol. The van der Waals surface area contributed by atoms with E-state index in [9.17, 15) is 9.59 Å². The smallest absolute Gasteiger partial charge is 0.227 e. The summed E-state index contributed by atoms with van der Waals surface area (Å²) < 4.78 is 10.5. The van der Waals surface area contributed by atoms with Crippen molar-refractivity contribution in [2.24, 2.45) is 11.8 Å². The second kappa shape index (κ2) is 9.46. The number of ether oxygens (including phenoxy) is 2. The van der Waals surface area contributed by atoms with Gasteiger partial charge in [0.25, 0.3) is 0 Å². The fourth-order valence-electron chi connectivity index (χ4n) is 3.54. The average Bonchev–Trinajstić information content (AvgIpc) is 2.68. The fourth-order valence-corrected chi connectivity index (χ4v) is 3.54. The van der Waals surface area contributed by atoms with Crippen LogP contribution in [0.5, 0.6) is 11.5 Å². The number of hydrogen-bond donors (Lipinski definition) is 1. The molecular formula is C20H30N2O4. The quantitative estimate of drug-likeness (QED) is 0.808. The number of carbonyl (C=O) groups is 2. The number of nitrogens with one attached hydrogen (secondary N) is 1. The van der Waals surface area contributed by atoms with Crippen LogP contribution >= 0.6 is 0 Å². The average molecular weight is 362 g/mol. The fraction of sp³-hybridized carbons (Fsp3) is 0.600. The molecule has 0 saturated heterocycles. The Kier molecular flexibility index (Phi) is 7.30. The number of amides is 2. The molecule has 1 fully saturated rings. The van der Waals surface area contributed by atoms with Crippen molar-refractivity contribution in [1.82, 2.24) is 4.90 Å². The van der Waals surface area contributed by atoms with Crippen LogP contribution in [0.4, 0.5) is 5.69 Å². The van der Waals surface area contributed by atoms with Gasteiger partial charge in [-0.1, -0.05) is 0 Å². The van der Waals surface area contributed by atoms with Crippen molar-refractivity contribution in [3.8, 4) is 11.5 Å². The highest BCUT2D eigenvalue weighted by molar-refractivity contribution is 5.94. The van der Waals surface area contributed by atoms with Gasteiger partial charge < -0.3 is 19.7 Å². The third kappa shape index (κ3) is 4.68. The van der Waals surface area contributed by atoms with Gasteiger partial charge in [0.2, 0.25) is 11.8 Å². The van der Waals surface area contributed by atoms with Crippen molar-refractivity contribution in [3.63, 3.8) is 0 Å². The lowest BCUT2D eigenvalue weighted by Gasteiger charge is -2.30. The van der Waals surface area contributed by atoms with E-state index in [1.807, 2.05) is 18.7 Å². The second-order valence-corrected chi connectivity index (χ2v) is 6.61. The van der Waals surface area contributed by atoms with Gasteiger partial charge >= 0.3 is 0 Å². The van der Waals surface area contributed by atoms with E-state index >= 15 is 0 Å². The number of hydrogen-bond acceptors (Lipinski definition) is 4. The van der Waals surface area contributed by atoms with Gasteiger partial charge in [0.05, 0.1) is 19.9 Å². The second-order valence-electron chi connectivity index (χ2n) is 6.61. The van der Waals surface area contributed by atoms with Crippen LogP contribution in [0, 0.1) is 11.8 Å². The topological polar surface area (TPSA) is 67.9 Å². The molecule has 26 heavy (non-hydrogen) atoms. The molecule has 0 atom stereocenters. The summed E-state index contributed by atoms with van der Waals surface area (Å²) in [4.78, 5) is 27.0. The minimum absolute atomic E-state index is 0.0229. The Bertz CT molecular complexity index is 620. The highest BCUT2D eigenvalue weighted by Crippen LogP contribution is 2.33. The van der Waals surface area contributed by atoms with Crippen LogP contribution in [0.1, 0.15) is 39.5 Å². The summed E-state index contributed by atoms with van der Waals surface area (Å²) >= 11 is 0. The predicted octanol–water partition coefficient (Wildman–Crippen LogP) is 3.32. The van der Waals surface area contributed by atoms with E-state index in [1.54, 1.807) is 32.4 Å². The molecule has 1 aliphatic carbocycles. The first-order valence-corrected chi connectivity index (χ1v) is 9.35. The van der Waals surface area contributed by atoms with Crippen LogP contribution in [-0.4, -0.2) is 44.0 Å². The normalized spacial score (nSPS) is 19.5. The van der Waals surface area contributed by atoms with Crippen molar-refractivity contribution in [2.75, 3.05) is 32.6 Å². The number of anilines is 1. The molecule has 144 valence electrons. The summed E-state index contributed by atoms with van der Waals surface area (Å²) in [6.45, 7) is 5.49. The summed E-state index contributed by atoms with van der Waals surface area (Å²) in [6.07, 6.45) is 3.00. The third-order valence-corrected chi connectivity index (χ3v) is 5.19. The van der Waals surface area contributed by atoms with Crippen LogP contribution in [-0.2, 0) is 9.59 Å². The molecule has 0 radical (unpaired) electrons. The van der Waals surface area contributed by atoms with E-state index in [2.05, 4.69) is 5.32 Å². The number of rotatable bonds is 7. The van der Waals surface area contributed by atoms with Gasteiger partial charge in [0.15, 0.2) is 0 Å². The lowest BCUT2D eigenvalue weighted by Crippen LogP contribution is -2.38. The van der Waals surface area contributed by atoms with E-state index < -0.39 is 0 Å². The zero-order valence-electron chi connectivity index (χ0n) is 16.2. The van der Waals surface area contributed by atoms with Crippen molar-refractivity contribution >= 4 is 17.5 Å². The molecule has 0 heterocycles. The number of methoxy groups -OCH3 is 2. The molecule has 1 N–H and O–H groups in total. The molecule has 6 nitrogen and oxygen atoms in total. The molecule has 2 amide bonds. The van der Waals surface area contributed by atoms with E-state index in [1.165, 1.54) is 0 Å². The van der Waals surface area contributed by atoms with Crippen LogP contribution in [0.3, 0.4) is 0 Å². The molecule has 1 aliphatic rings. The molecule has 0 aromatic heterocycles. The van der Waals surface area contributed by atoms with Gasteiger partial charge in [-0.25, -0.2) is 0 Å². The Labute approximate surface area is 155 Å². The first-order chi connectivity index (χ1) is 12.5. The minimum Gasteiger partial charge on any atom is -0.497 e. The molecule has 0 unspecified atom stereocenters. The molecule has 0 aliphatic heterocycles. The van der Waals surface area contributed by atoms with Gasteiger partial charge in [0, 0.05) is 31.0 Å². The molecule has 0 bridgehead atoms. The van der Waals surface area contributed by atoms with Gasteiger partial charge in [-0.3, -0.25) is 9.59 Å². The first kappa shape index (κ1) is 20.1. The Morgan fingerprint density at radius 3 is 2.19 bits per heavy atom. The highest BCUT2D eigenvalue weighted by atomic mass is 16.5. The third-order valence-electron chi connectivity index (χ3n) is 5.19. The summed E-state index contributed by atoms with van der Waals surface area (Å²) in [6, 6.07) is 5.32. The first-order valence-electron chi connectivity index (χ1n) is 9.35. The largest absolute Gasteiger partial charge is 0.497 e. The van der Waals surface area contributed by atoms with Gasteiger partial charge in [0.1, 0.15) is 11.5 Å². The van der Waals surface area contributed by atoms with Crippen molar-refractivity contribution in [1.29, 1.82) is 0 Å². The van der Waals surface area contributed by atoms with Crippen LogP contribution in [0.15, 0.2) is 18.2 Å². The standard InChI is InChI=1S/C20H30N2O4/c1-5-22(6-2)20(24)15-9-7-14(8-10-15)19(23)21-17-13-16(25-3)11-12-18(17)26-4/h11-15H,5-10H2,1-4H3,(H,21,23). The molecule has 1 saturated carbocycles. The Balaban J connectivity index is 1.96. The Morgan fingerprint density at radius 1 is 1.04 bits per heavy atom. The van der Waals surface area contributed by atoms with E-state index in [-0.39, 0.29) is 23.7 Å². The SMILES string of the molecule is CCN(CC)C(=O)C1CCC(C(=O)Nc2cc(OC)ccc2OC)CC1.